The molecule has 1 fully saturated rings. The van der Waals surface area contributed by atoms with Crippen LogP contribution in [0.3, 0.4) is 0 Å². The topological polar surface area (TPSA) is 48.9 Å². The van der Waals surface area contributed by atoms with Crippen LogP contribution in [-0.2, 0) is 4.74 Å². The van der Waals surface area contributed by atoms with E-state index in [1.54, 1.807) is 0 Å². The number of rotatable bonds is 10. The lowest BCUT2D eigenvalue weighted by molar-refractivity contribution is 0.108. The van der Waals surface area contributed by atoms with Gasteiger partial charge in [-0.2, -0.15) is 0 Å². The second-order valence-corrected chi connectivity index (χ2v) is 7.40. The van der Waals surface area contributed by atoms with Crippen molar-refractivity contribution in [2.75, 3.05) is 50.8 Å². The van der Waals surface area contributed by atoms with Gasteiger partial charge in [0.05, 0.1) is 0 Å². The quantitative estimate of drug-likeness (QED) is 0.382. The summed E-state index contributed by atoms with van der Waals surface area (Å²) in [5.74, 6) is 2.15. The molecule has 1 atom stereocenters. The van der Waals surface area contributed by atoms with Crippen molar-refractivity contribution < 1.29 is 4.74 Å². The zero-order valence-corrected chi connectivity index (χ0v) is 16.7. The Bertz CT molecular complexity index is 518. The molecule has 5 nitrogen and oxygen atoms in total. The van der Waals surface area contributed by atoms with E-state index in [9.17, 15) is 0 Å². The maximum Gasteiger partial charge on any atom is 0.191 e. The maximum atomic E-state index is 5.63. The van der Waals surface area contributed by atoms with E-state index in [0.29, 0.717) is 11.8 Å². The highest BCUT2D eigenvalue weighted by molar-refractivity contribution is 5.79. The van der Waals surface area contributed by atoms with Gasteiger partial charge in [-0.3, -0.25) is 4.99 Å². The molecule has 26 heavy (non-hydrogen) atoms. The van der Waals surface area contributed by atoms with Gasteiger partial charge in [0.2, 0.25) is 0 Å². The van der Waals surface area contributed by atoms with E-state index in [2.05, 4.69) is 66.6 Å². The van der Waals surface area contributed by atoms with Crippen LogP contribution in [0.25, 0.3) is 0 Å². The van der Waals surface area contributed by atoms with Crippen molar-refractivity contribution in [3.63, 3.8) is 0 Å². The van der Waals surface area contributed by atoms with E-state index >= 15 is 0 Å². The average molecular weight is 361 g/mol. The molecular formula is C21H36N4O. The molecule has 5 heteroatoms. The van der Waals surface area contributed by atoms with Crippen LogP contribution >= 0.6 is 0 Å². The summed E-state index contributed by atoms with van der Waals surface area (Å²) in [4.78, 5) is 7.26. The number of nitrogens with one attached hydrogen (secondary N) is 2. The summed E-state index contributed by atoms with van der Waals surface area (Å²) >= 11 is 0. The van der Waals surface area contributed by atoms with Crippen molar-refractivity contribution in [3.8, 4) is 0 Å². The summed E-state index contributed by atoms with van der Waals surface area (Å²) in [6.07, 6.45) is 2.21. The first kappa shape index (κ1) is 20.6. The molecule has 1 saturated heterocycles. The minimum absolute atomic E-state index is 0.601. The smallest absolute Gasteiger partial charge is 0.191 e. The molecule has 2 N–H and O–H groups in total. The van der Waals surface area contributed by atoms with Crippen molar-refractivity contribution in [1.82, 2.24) is 10.6 Å². The van der Waals surface area contributed by atoms with Crippen molar-refractivity contribution >= 4 is 11.6 Å². The third-order valence-electron chi connectivity index (χ3n) is 4.47. The van der Waals surface area contributed by atoms with Crippen LogP contribution in [0.2, 0.25) is 0 Å². The highest BCUT2D eigenvalue weighted by Crippen LogP contribution is 2.23. The van der Waals surface area contributed by atoms with Crippen LogP contribution < -0.4 is 15.5 Å². The Kier molecular flexibility index (Phi) is 9.32. The zero-order chi connectivity index (χ0) is 18.6. The van der Waals surface area contributed by atoms with Crippen molar-refractivity contribution in [2.45, 2.75) is 33.6 Å². The summed E-state index contributed by atoms with van der Waals surface area (Å²) in [7, 11) is 0. The second kappa shape index (κ2) is 11.8. The molecule has 2 rings (SSSR count). The summed E-state index contributed by atoms with van der Waals surface area (Å²) in [5, 5.41) is 6.76. The first-order chi connectivity index (χ1) is 12.7. The minimum atomic E-state index is 0.601. The number of nitrogens with zero attached hydrogens (tertiary/aromatic N) is 2. The number of hydrogen-bond donors (Lipinski definition) is 2. The van der Waals surface area contributed by atoms with Crippen molar-refractivity contribution in [2.24, 2.45) is 16.8 Å². The minimum Gasteiger partial charge on any atom is -0.381 e. The lowest BCUT2D eigenvalue weighted by Gasteiger charge is -2.18. The SMILES string of the molecule is CCNC(=NCC1CCN(c2ccccc2)C1)NCCCOCC(C)C. The number of ether oxygens (including phenoxy) is 1. The number of anilines is 1. The molecule has 1 aliphatic heterocycles. The van der Waals surface area contributed by atoms with Gasteiger partial charge in [0.1, 0.15) is 0 Å². The molecule has 1 heterocycles. The Morgan fingerprint density at radius 2 is 2.08 bits per heavy atom. The van der Waals surface area contributed by atoms with E-state index in [1.807, 2.05) is 0 Å². The van der Waals surface area contributed by atoms with Crippen LogP contribution in [0.5, 0.6) is 0 Å². The van der Waals surface area contributed by atoms with E-state index in [1.165, 1.54) is 12.1 Å². The Balaban J connectivity index is 1.69. The Hall–Kier alpha value is -1.75. The van der Waals surface area contributed by atoms with Gasteiger partial charge in [0, 0.05) is 51.6 Å². The second-order valence-electron chi connectivity index (χ2n) is 7.40. The predicted octanol–water partition coefficient (Wildman–Crippen LogP) is 3.13. The van der Waals surface area contributed by atoms with Gasteiger partial charge in [-0.25, -0.2) is 0 Å². The fourth-order valence-corrected chi connectivity index (χ4v) is 3.12. The van der Waals surface area contributed by atoms with Crippen LogP contribution in [0, 0.1) is 11.8 Å². The van der Waals surface area contributed by atoms with Crippen LogP contribution in [0.1, 0.15) is 33.6 Å². The number of benzene rings is 1. The lowest BCUT2D eigenvalue weighted by atomic mass is 10.1. The monoisotopic (exact) mass is 360 g/mol. The molecule has 0 radical (unpaired) electrons. The molecule has 146 valence electrons. The molecule has 1 aliphatic rings. The lowest BCUT2D eigenvalue weighted by Crippen LogP contribution is -2.38. The predicted molar refractivity (Wildman–Crippen MR) is 111 cm³/mol. The molecule has 0 amide bonds. The summed E-state index contributed by atoms with van der Waals surface area (Å²) in [5.41, 5.74) is 1.32. The largest absolute Gasteiger partial charge is 0.381 e. The summed E-state index contributed by atoms with van der Waals surface area (Å²) in [6, 6.07) is 10.7. The molecule has 1 unspecified atom stereocenters. The Labute approximate surface area is 159 Å². The Morgan fingerprint density at radius 3 is 2.81 bits per heavy atom. The number of para-hydroxylation sites is 1. The van der Waals surface area contributed by atoms with Crippen LogP contribution in [0.4, 0.5) is 5.69 Å². The maximum absolute atomic E-state index is 5.63. The summed E-state index contributed by atoms with van der Waals surface area (Å²) in [6.45, 7) is 13.0. The third kappa shape index (κ3) is 7.65. The van der Waals surface area contributed by atoms with Gasteiger partial charge in [-0.1, -0.05) is 32.0 Å². The highest BCUT2D eigenvalue weighted by Gasteiger charge is 2.22. The van der Waals surface area contributed by atoms with Gasteiger partial charge in [-0.15, -0.1) is 0 Å². The number of guanidine groups is 1. The zero-order valence-electron chi connectivity index (χ0n) is 16.7. The fourth-order valence-electron chi connectivity index (χ4n) is 3.12. The normalized spacial score (nSPS) is 17.8. The van der Waals surface area contributed by atoms with E-state index in [-0.39, 0.29) is 0 Å². The standard InChI is InChI=1S/C21H36N4O/c1-4-22-21(23-12-8-14-26-17-18(2)3)24-15-19-11-13-25(16-19)20-9-6-5-7-10-20/h5-7,9-10,18-19H,4,8,11-17H2,1-3H3,(H2,22,23,24). The molecule has 0 aliphatic carbocycles. The Morgan fingerprint density at radius 1 is 1.27 bits per heavy atom. The fraction of sp³-hybridized carbons (Fsp3) is 0.667. The molecule has 1 aromatic carbocycles. The highest BCUT2D eigenvalue weighted by atomic mass is 16.5. The summed E-state index contributed by atoms with van der Waals surface area (Å²) < 4.78 is 5.63. The number of aliphatic imine (C=N–C) groups is 1. The molecule has 1 aromatic rings. The molecule has 0 bridgehead atoms. The van der Waals surface area contributed by atoms with E-state index < -0.39 is 0 Å². The van der Waals surface area contributed by atoms with Gasteiger partial charge >= 0.3 is 0 Å². The van der Waals surface area contributed by atoms with E-state index in [0.717, 1.165) is 58.3 Å². The molecule has 0 spiro atoms. The first-order valence-electron chi connectivity index (χ1n) is 10.1. The van der Waals surface area contributed by atoms with E-state index in [4.69, 9.17) is 9.73 Å². The van der Waals surface area contributed by atoms with Gasteiger partial charge < -0.3 is 20.3 Å². The van der Waals surface area contributed by atoms with Crippen LogP contribution in [0.15, 0.2) is 35.3 Å². The van der Waals surface area contributed by atoms with Gasteiger partial charge in [0.25, 0.3) is 0 Å². The van der Waals surface area contributed by atoms with Crippen molar-refractivity contribution in [3.05, 3.63) is 30.3 Å². The molecular weight excluding hydrogens is 324 g/mol. The number of hydrogen-bond acceptors (Lipinski definition) is 3. The molecule has 0 saturated carbocycles. The first-order valence-corrected chi connectivity index (χ1v) is 10.1. The van der Waals surface area contributed by atoms with Gasteiger partial charge in [-0.05, 0) is 43.7 Å². The van der Waals surface area contributed by atoms with Gasteiger partial charge in [0.15, 0.2) is 5.96 Å². The van der Waals surface area contributed by atoms with Crippen LogP contribution in [-0.4, -0.2) is 51.9 Å². The third-order valence-corrected chi connectivity index (χ3v) is 4.47. The van der Waals surface area contributed by atoms with Crippen molar-refractivity contribution in [1.29, 1.82) is 0 Å². The molecule has 0 aromatic heterocycles. The average Bonchev–Trinajstić information content (AvgIpc) is 3.12.